The second kappa shape index (κ2) is 5.71. The molecule has 0 bridgehead atoms. The minimum Gasteiger partial charge on any atom is -0.383 e. The Bertz CT molecular complexity index is 584. The molecule has 0 aliphatic heterocycles. The van der Waals surface area contributed by atoms with Gasteiger partial charge in [-0.15, -0.1) is 0 Å². The summed E-state index contributed by atoms with van der Waals surface area (Å²) < 4.78 is 1.94. The summed E-state index contributed by atoms with van der Waals surface area (Å²) in [6.07, 6.45) is 5.32. The molecule has 7 heteroatoms. The summed E-state index contributed by atoms with van der Waals surface area (Å²) in [4.78, 5) is 14.2. The molecular formula is C12H13ClN4O2. The first-order valence-electron chi connectivity index (χ1n) is 5.72. The van der Waals surface area contributed by atoms with Crippen LogP contribution in [0.3, 0.4) is 0 Å². The number of nitrogens with zero attached hydrogens (tertiary/aromatic N) is 3. The van der Waals surface area contributed by atoms with Gasteiger partial charge in [-0.2, -0.15) is 0 Å². The minimum atomic E-state index is -0.482. The molecular weight excluding hydrogens is 268 g/mol. The van der Waals surface area contributed by atoms with Gasteiger partial charge in [0.05, 0.1) is 11.3 Å². The van der Waals surface area contributed by atoms with Gasteiger partial charge in [0.25, 0.3) is 5.69 Å². The van der Waals surface area contributed by atoms with Crippen molar-refractivity contribution in [3.8, 4) is 0 Å². The van der Waals surface area contributed by atoms with Crippen LogP contribution in [0.5, 0.6) is 0 Å². The molecule has 0 aliphatic carbocycles. The number of halogens is 1. The number of hydrogen-bond donors (Lipinski definition) is 1. The maximum Gasteiger partial charge on any atom is 0.288 e. The van der Waals surface area contributed by atoms with E-state index in [2.05, 4.69) is 10.3 Å². The van der Waals surface area contributed by atoms with Crippen LogP contribution in [-0.4, -0.2) is 21.0 Å². The van der Waals surface area contributed by atoms with E-state index in [0.717, 1.165) is 17.8 Å². The van der Waals surface area contributed by atoms with Gasteiger partial charge in [0.1, 0.15) is 5.02 Å². The van der Waals surface area contributed by atoms with Gasteiger partial charge < -0.3 is 9.88 Å². The first kappa shape index (κ1) is 13.4. The number of nitro benzene ring substituents is 1. The van der Waals surface area contributed by atoms with Crippen molar-refractivity contribution in [3.63, 3.8) is 0 Å². The SMILES string of the molecule is Cc1cc([N+](=O)[O-])c(Cl)cc1NCCn1ccnc1. The van der Waals surface area contributed by atoms with E-state index in [1.54, 1.807) is 18.6 Å². The zero-order valence-corrected chi connectivity index (χ0v) is 11.1. The highest BCUT2D eigenvalue weighted by Gasteiger charge is 2.14. The first-order chi connectivity index (χ1) is 9.08. The van der Waals surface area contributed by atoms with Crippen molar-refractivity contribution in [1.29, 1.82) is 0 Å². The van der Waals surface area contributed by atoms with Gasteiger partial charge in [-0.1, -0.05) is 11.6 Å². The van der Waals surface area contributed by atoms with Crippen LogP contribution >= 0.6 is 11.6 Å². The molecule has 6 nitrogen and oxygen atoms in total. The van der Waals surface area contributed by atoms with Crippen molar-refractivity contribution in [3.05, 3.63) is 51.6 Å². The fourth-order valence-electron chi connectivity index (χ4n) is 1.74. The predicted octanol–water partition coefficient (Wildman–Crippen LogP) is 2.87. The van der Waals surface area contributed by atoms with E-state index in [4.69, 9.17) is 11.6 Å². The number of benzene rings is 1. The molecule has 0 saturated heterocycles. The average molecular weight is 281 g/mol. The van der Waals surface area contributed by atoms with Gasteiger partial charge in [0, 0.05) is 37.2 Å². The maximum absolute atomic E-state index is 10.7. The normalized spacial score (nSPS) is 10.4. The van der Waals surface area contributed by atoms with Crippen LogP contribution in [0.2, 0.25) is 5.02 Å². The number of nitrogens with one attached hydrogen (secondary N) is 1. The van der Waals surface area contributed by atoms with Crippen molar-refractivity contribution < 1.29 is 4.92 Å². The number of anilines is 1. The molecule has 0 unspecified atom stereocenters. The molecule has 1 N–H and O–H groups in total. The molecule has 0 radical (unpaired) electrons. The topological polar surface area (TPSA) is 73.0 Å². The minimum absolute atomic E-state index is 0.0701. The lowest BCUT2D eigenvalue weighted by atomic mass is 10.2. The first-order valence-corrected chi connectivity index (χ1v) is 6.10. The Balaban J connectivity index is 2.04. The van der Waals surface area contributed by atoms with E-state index < -0.39 is 4.92 Å². The van der Waals surface area contributed by atoms with Crippen LogP contribution in [0.1, 0.15) is 5.56 Å². The van der Waals surface area contributed by atoms with Gasteiger partial charge in [0.15, 0.2) is 0 Å². The van der Waals surface area contributed by atoms with Crippen LogP contribution < -0.4 is 5.32 Å². The van der Waals surface area contributed by atoms with Gasteiger partial charge in [-0.05, 0) is 18.6 Å². The van der Waals surface area contributed by atoms with E-state index in [9.17, 15) is 10.1 Å². The van der Waals surface area contributed by atoms with Crippen molar-refractivity contribution in [1.82, 2.24) is 9.55 Å². The third-order valence-corrected chi connectivity index (χ3v) is 3.04. The lowest BCUT2D eigenvalue weighted by molar-refractivity contribution is -0.384. The molecule has 0 fully saturated rings. The van der Waals surface area contributed by atoms with Gasteiger partial charge in [0.2, 0.25) is 0 Å². The number of aryl methyl sites for hydroxylation is 1. The molecule has 1 aromatic heterocycles. The molecule has 0 spiro atoms. The average Bonchev–Trinajstić information content (AvgIpc) is 2.85. The molecule has 1 heterocycles. The van der Waals surface area contributed by atoms with Gasteiger partial charge in [-0.25, -0.2) is 4.98 Å². The van der Waals surface area contributed by atoms with Gasteiger partial charge in [-0.3, -0.25) is 10.1 Å². The second-order valence-corrected chi connectivity index (χ2v) is 4.51. The Kier molecular flexibility index (Phi) is 4.01. The molecule has 100 valence electrons. The molecule has 19 heavy (non-hydrogen) atoms. The maximum atomic E-state index is 10.7. The Hall–Kier alpha value is -2.08. The highest BCUT2D eigenvalue weighted by molar-refractivity contribution is 6.33. The van der Waals surface area contributed by atoms with Gasteiger partial charge >= 0.3 is 0 Å². The zero-order chi connectivity index (χ0) is 13.8. The zero-order valence-electron chi connectivity index (χ0n) is 10.3. The van der Waals surface area contributed by atoms with E-state index in [0.29, 0.717) is 6.54 Å². The standard InChI is InChI=1S/C12H13ClN4O2/c1-9-6-12(17(18)19)10(13)7-11(9)15-3-5-16-4-2-14-8-16/h2,4,6-8,15H,3,5H2,1H3. The third kappa shape index (κ3) is 3.23. The summed E-state index contributed by atoms with van der Waals surface area (Å²) >= 11 is 5.88. The molecule has 2 aromatic rings. The Morgan fingerprint density at radius 1 is 1.53 bits per heavy atom. The lowest BCUT2D eigenvalue weighted by Crippen LogP contribution is -2.10. The van der Waals surface area contributed by atoms with Crippen molar-refractivity contribution in [2.24, 2.45) is 0 Å². The van der Waals surface area contributed by atoms with E-state index >= 15 is 0 Å². The smallest absolute Gasteiger partial charge is 0.288 e. The molecule has 0 atom stereocenters. The second-order valence-electron chi connectivity index (χ2n) is 4.10. The molecule has 2 rings (SSSR count). The number of aromatic nitrogens is 2. The summed E-state index contributed by atoms with van der Waals surface area (Å²) in [7, 11) is 0. The Morgan fingerprint density at radius 2 is 2.32 bits per heavy atom. The van der Waals surface area contributed by atoms with Crippen LogP contribution in [0.4, 0.5) is 11.4 Å². The van der Waals surface area contributed by atoms with E-state index in [-0.39, 0.29) is 10.7 Å². The lowest BCUT2D eigenvalue weighted by Gasteiger charge is -2.10. The molecule has 0 aliphatic rings. The highest BCUT2D eigenvalue weighted by atomic mass is 35.5. The van der Waals surface area contributed by atoms with Crippen LogP contribution in [0, 0.1) is 17.0 Å². The quantitative estimate of drug-likeness (QED) is 0.675. The van der Waals surface area contributed by atoms with Crippen LogP contribution in [0.25, 0.3) is 0 Å². The molecule has 0 amide bonds. The summed E-state index contributed by atoms with van der Waals surface area (Å²) in [6, 6.07) is 3.06. The Labute approximate surface area is 115 Å². The highest BCUT2D eigenvalue weighted by Crippen LogP contribution is 2.30. The Morgan fingerprint density at radius 3 is 2.95 bits per heavy atom. The number of hydrogen-bond acceptors (Lipinski definition) is 4. The number of imidazole rings is 1. The van der Waals surface area contributed by atoms with Crippen LogP contribution in [-0.2, 0) is 6.54 Å². The van der Waals surface area contributed by atoms with E-state index in [1.165, 1.54) is 6.07 Å². The van der Waals surface area contributed by atoms with Crippen molar-refractivity contribution in [2.45, 2.75) is 13.5 Å². The number of nitro groups is 1. The summed E-state index contributed by atoms with van der Waals surface area (Å²) in [5, 5.41) is 14.1. The molecule has 1 aromatic carbocycles. The summed E-state index contributed by atoms with van der Waals surface area (Å²) in [6.45, 7) is 3.25. The summed E-state index contributed by atoms with van der Waals surface area (Å²) in [5.74, 6) is 0. The number of rotatable bonds is 5. The van der Waals surface area contributed by atoms with Crippen LogP contribution in [0.15, 0.2) is 30.9 Å². The van der Waals surface area contributed by atoms with Crippen molar-refractivity contribution >= 4 is 23.0 Å². The summed E-state index contributed by atoms with van der Waals surface area (Å²) in [5.41, 5.74) is 1.52. The van der Waals surface area contributed by atoms with E-state index in [1.807, 2.05) is 17.7 Å². The molecule has 0 saturated carbocycles. The monoisotopic (exact) mass is 280 g/mol. The fraction of sp³-hybridized carbons (Fsp3) is 0.250. The fourth-order valence-corrected chi connectivity index (χ4v) is 1.97. The van der Waals surface area contributed by atoms with Crippen molar-refractivity contribution in [2.75, 3.05) is 11.9 Å². The third-order valence-electron chi connectivity index (χ3n) is 2.74. The predicted molar refractivity (Wildman–Crippen MR) is 73.6 cm³/mol. The largest absolute Gasteiger partial charge is 0.383 e.